The minimum Gasteiger partial charge on any atom is -0.386 e. The Bertz CT molecular complexity index is 1460. The molecule has 4 N–H and O–H groups in total. The first-order chi connectivity index (χ1) is 16.7. The topological polar surface area (TPSA) is 126 Å². The minimum atomic E-state index is -0.968. The zero-order chi connectivity index (χ0) is 24.7. The van der Waals surface area contributed by atoms with Crippen LogP contribution in [0.4, 0.5) is 17.2 Å². The molecular formula is C25H27N7O3. The lowest BCUT2D eigenvalue weighted by atomic mass is 9.98. The van der Waals surface area contributed by atoms with Crippen molar-refractivity contribution in [2.75, 3.05) is 17.7 Å². The lowest BCUT2D eigenvalue weighted by Gasteiger charge is -2.18. The predicted molar refractivity (Wildman–Crippen MR) is 134 cm³/mol. The highest BCUT2D eigenvalue weighted by Crippen LogP contribution is 2.24. The van der Waals surface area contributed by atoms with Crippen molar-refractivity contribution in [3.63, 3.8) is 0 Å². The molecule has 3 aromatic heterocycles. The van der Waals surface area contributed by atoms with E-state index in [2.05, 4.69) is 26.0 Å². The first-order valence-corrected chi connectivity index (χ1v) is 11.4. The molecule has 1 aromatic carbocycles. The molecule has 5 rings (SSSR count). The second-order valence-electron chi connectivity index (χ2n) is 9.15. The van der Waals surface area contributed by atoms with Gasteiger partial charge in [-0.05, 0) is 56.5 Å². The summed E-state index contributed by atoms with van der Waals surface area (Å²) >= 11 is 0. The number of rotatable bonds is 7. The second kappa shape index (κ2) is 8.55. The number of nitrogens with one attached hydrogen (secondary N) is 3. The van der Waals surface area contributed by atoms with E-state index in [0.29, 0.717) is 34.2 Å². The van der Waals surface area contributed by atoms with Crippen LogP contribution in [0.1, 0.15) is 42.7 Å². The van der Waals surface area contributed by atoms with Gasteiger partial charge in [-0.15, -0.1) is 5.10 Å². The maximum Gasteiger partial charge on any atom is 0.278 e. The maximum absolute atomic E-state index is 13.3. The van der Waals surface area contributed by atoms with E-state index in [4.69, 9.17) is 0 Å². The Hall–Kier alpha value is -4.18. The summed E-state index contributed by atoms with van der Waals surface area (Å²) in [5, 5.41) is 23.8. The number of hydrogen-bond donors (Lipinski definition) is 4. The molecule has 0 spiro atoms. The molecule has 1 amide bonds. The van der Waals surface area contributed by atoms with Crippen LogP contribution in [-0.4, -0.2) is 43.3 Å². The molecule has 0 aliphatic heterocycles. The van der Waals surface area contributed by atoms with Crippen LogP contribution < -0.4 is 21.5 Å². The average molecular weight is 474 g/mol. The molecule has 35 heavy (non-hydrogen) atoms. The number of anilines is 3. The van der Waals surface area contributed by atoms with Gasteiger partial charge in [-0.3, -0.25) is 14.2 Å². The first kappa shape index (κ1) is 22.6. The minimum absolute atomic E-state index is 0.207. The number of nitrogens with zero attached hydrogens (tertiary/aromatic N) is 4. The monoisotopic (exact) mass is 473 g/mol. The summed E-state index contributed by atoms with van der Waals surface area (Å²) < 4.78 is 2.99. The van der Waals surface area contributed by atoms with Gasteiger partial charge < -0.3 is 21.1 Å². The van der Waals surface area contributed by atoms with Gasteiger partial charge in [-0.1, -0.05) is 12.1 Å². The standard InChI is InChI=1S/C25H27N7O3/c1-25(2,35)15-6-10-17(11-7-15)31-12-4-5-18(24(31)34)29-21-13-19(26-3)22-27-14-20(32(22)30-21)23(33)28-16-8-9-16/h4-7,10-14,16,26,35H,8-9H2,1-3H3,(H,28,33)(H,29,30). The Morgan fingerprint density at radius 2 is 1.89 bits per heavy atom. The van der Waals surface area contributed by atoms with Gasteiger partial charge >= 0.3 is 0 Å². The van der Waals surface area contributed by atoms with E-state index in [1.54, 1.807) is 69.6 Å². The Balaban J connectivity index is 1.49. The van der Waals surface area contributed by atoms with Crippen LogP contribution in [-0.2, 0) is 5.60 Å². The van der Waals surface area contributed by atoms with E-state index in [0.717, 1.165) is 18.4 Å². The molecule has 1 aliphatic carbocycles. The zero-order valence-electron chi connectivity index (χ0n) is 19.7. The van der Waals surface area contributed by atoms with Crippen LogP contribution in [0.3, 0.4) is 0 Å². The summed E-state index contributed by atoms with van der Waals surface area (Å²) in [6, 6.07) is 12.5. The smallest absolute Gasteiger partial charge is 0.278 e. The summed E-state index contributed by atoms with van der Waals surface area (Å²) in [5.41, 5.74) is 1.99. The molecule has 0 unspecified atom stereocenters. The Morgan fingerprint density at radius 3 is 2.54 bits per heavy atom. The second-order valence-corrected chi connectivity index (χ2v) is 9.15. The number of amides is 1. The van der Waals surface area contributed by atoms with Crippen molar-refractivity contribution in [2.24, 2.45) is 0 Å². The van der Waals surface area contributed by atoms with Gasteiger partial charge in [0.2, 0.25) is 0 Å². The lowest BCUT2D eigenvalue weighted by molar-refractivity contribution is 0.0786. The third-order valence-electron chi connectivity index (χ3n) is 5.94. The van der Waals surface area contributed by atoms with Crippen molar-refractivity contribution in [3.05, 3.63) is 76.5 Å². The number of aromatic nitrogens is 4. The molecule has 1 saturated carbocycles. The summed E-state index contributed by atoms with van der Waals surface area (Å²) in [4.78, 5) is 30.3. The molecule has 4 aromatic rings. The number of benzene rings is 1. The van der Waals surface area contributed by atoms with Gasteiger partial charge in [-0.2, -0.15) is 0 Å². The summed E-state index contributed by atoms with van der Waals surface area (Å²) in [5.74, 6) is 0.149. The lowest BCUT2D eigenvalue weighted by Crippen LogP contribution is -2.27. The fourth-order valence-electron chi connectivity index (χ4n) is 3.82. The fourth-order valence-corrected chi connectivity index (χ4v) is 3.82. The fraction of sp³-hybridized carbons (Fsp3) is 0.280. The molecule has 10 nitrogen and oxygen atoms in total. The molecule has 0 bridgehead atoms. The van der Waals surface area contributed by atoms with Gasteiger partial charge in [0.05, 0.1) is 17.5 Å². The molecule has 0 radical (unpaired) electrons. The number of aliphatic hydroxyl groups is 1. The summed E-state index contributed by atoms with van der Waals surface area (Å²) in [6.45, 7) is 3.42. The van der Waals surface area contributed by atoms with E-state index < -0.39 is 5.60 Å². The van der Waals surface area contributed by atoms with Crippen molar-refractivity contribution < 1.29 is 9.90 Å². The predicted octanol–water partition coefficient (Wildman–Crippen LogP) is 2.79. The van der Waals surface area contributed by atoms with Gasteiger partial charge in [0.25, 0.3) is 11.5 Å². The quantitative estimate of drug-likeness (QED) is 0.325. The van der Waals surface area contributed by atoms with Gasteiger partial charge in [0.1, 0.15) is 5.69 Å². The van der Waals surface area contributed by atoms with Crippen LogP contribution in [0.15, 0.2) is 59.7 Å². The highest BCUT2D eigenvalue weighted by molar-refractivity contribution is 5.94. The summed E-state index contributed by atoms with van der Waals surface area (Å²) in [7, 11) is 1.75. The van der Waals surface area contributed by atoms with E-state index >= 15 is 0 Å². The van der Waals surface area contributed by atoms with Crippen LogP contribution in [0.25, 0.3) is 11.3 Å². The first-order valence-electron chi connectivity index (χ1n) is 11.4. The molecule has 0 saturated heterocycles. The van der Waals surface area contributed by atoms with E-state index in [1.165, 1.54) is 15.3 Å². The highest BCUT2D eigenvalue weighted by Gasteiger charge is 2.26. The number of fused-ring (bicyclic) bond motifs is 1. The van der Waals surface area contributed by atoms with E-state index in [9.17, 15) is 14.7 Å². The van der Waals surface area contributed by atoms with Gasteiger partial charge in [0.15, 0.2) is 17.2 Å². The molecule has 1 fully saturated rings. The molecule has 180 valence electrons. The average Bonchev–Trinajstić information content (AvgIpc) is 3.54. The number of carbonyl (C=O) groups is 1. The van der Waals surface area contributed by atoms with Crippen molar-refractivity contribution in [1.29, 1.82) is 0 Å². The van der Waals surface area contributed by atoms with Crippen molar-refractivity contribution in [1.82, 2.24) is 24.5 Å². The van der Waals surface area contributed by atoms with Crippen molar-refractivity contribution in [3.8, 4) is 5.69 Å². The maximum atomic E-state index is 13.3. The number of hydrogen-bond acceptors (Lipinski definition) is 7. The summed E-state index contributed by atoms with van der Waals surface area (Å²) in [6.07, 6.45) is 5.13. The normalized spacial score (nSPS) is 13.6. The molecule has 1 aliphatic rings. The van der Waals surface area contributed by atoms with E-state index in [-0.39, 0.29) is 17.5 Å². The Morgan fingerprint density at radius 1 is 1.14 bits per heavy atom. The number of imidazole rings is 1. The molecule has 3 heterocycles. The largest absolute Gasteiger partial charge is 0.386 e. The third-order valence-corrected chi connectivity index (χ3v) is 5.94. The molecule has 0 atom stereocenters. The van der Waals surface area contributed by atoms with Crippen LogP contribution >= 0.6 is 0 Å². The highest BCUT2D eigenvalue weighted by atomic mass is 16.3. The Kier molecular flexibility index (Phi) is 5.52. The third kappa shape index (κ3) is 4.47. The van der Waals surface area contributed by atoms with Crippen molar-refractivity contribution >= 4 is 28.7 Å². The van der Waals surface area contributed by atoms with Crippen molar-refractivity contribution in [2.45, 2.75) is 38.3 Å². The zero-order valence-corrected chi connectivity index (χ0v) is 19.7. The van der Waals surface area contributed by atoms with Gasteiger partial charge in [0, 0.05) is 31.0 Å². The molecular weight excluding hydrogens is 446 g/mol. The SMILES string of the molecule is CNc1cc(Nc2cccn(-c3ccc(C(C)(C)O)cc3)c2=O)nn2c(C(=O)NC3CC3)cnc12. The number of carbonyl (C=O) groups excluding carboxylic acids is 1. The molecule has 10 heteroatoms. The van der Waals surface area contributed by atoms with Crippen LogP contribution in [0.5, 0.6) is 0 Å². The Labute approximate surface area is 201 Å². The number of pyridine rings is 1. The van der Waals surface area contributed by atoms with Crippen LogP contribution in [0, 0.1) is 0 Å². The van der Waals surface area contributed by atoms with Crippen LogP contribution in [0.2, 0.25) is 0 Å². The van der Waals surface area contributed by atoms with E-state index in [1.807, 2.05) is 0 Å². The van der Waals surface area contributed by atoms with Gasteiger partial charge in [-0.25, -0.2) is 9.50 Å².